The molecular weight excluding hydrogens is 692 g/mol. The Balaban J connectivity index is 0.966. The highest BCUT2D eigenvalue weighted by atomic mass is 16.7. The summed E-state index contributed by atoms with van der Waals surface area (Å²) >= 11 is 0. The molecule has 6 rings (SSSR count). The van der Waals surface area contributed by atoms with Crippen LogP contribution in [0.5, 0.6) is 34.5 Å². The molecule has 1 saturated heterocycles. The Hall–Kier alpha value is -4.94. The smallest absolute Gasteiger partial charge is 0.331 e. The van der Waals surface area contributed by atoms with Gasteiger partial charge in [-0.3, -0.25) is 4.90 Å². The first-order valence-electron chi connectivity index (χ1n) is 18.8. The van der Waals surface area contributed by atoms with Crippen molar-refractivity contribution in [3.8, 4) is 34.5 Å². The fourth-order valence-corrected chi connectivity index (χ4v) is 7.96. The Morgan fingerprint density at radius 1 is 0.759 bits per heavy atom. The number of likely N-dealkylation sites (tertiary alicyclic amines) is 1. The maximum atomic E-state index is 12.5. The maximum Gasteiger partial charge on any atom is 0.331 e. The van der Waals surface area contributed by atoms with Gasteiger partial charge in [-0.25, -0.2) is 9.59 Å². The lowest BCUT2D eigenvalue weighted by atomic mass is 9.88. The molecule has 0 bridgehead atoms. The van der Waals surface area contributed by atoms with Gasteiger partial charge in [0.25, 0.3) is 0 Å². The van der Waals surface area contributed by atoms with Crippen LogP contribution in [0.4, 0.5) is 0 Å². The highest BCUT2D eigenvalue weighted by Gasteiger charge is 2.33. The van der Waals surface area contributed by atoms with E-state index in [-0.39, 0.29) is 19.4 Å². The summed E-state index contributed by atoms with van der Waals surface area (Å²) in [5, 5.41) is 0. The van der Waals surface area contributed by atoms with Gasteiger partial charge in [0.2, 0.25) is 6.79 Å². The first-order chi connectivity index (χ1) is 26.3. The molecule has 0 aromatic heterocycles. The number of rotatable bonds is 18. The van der Waals surface area contributed by atoms with Gasteiger partial charge in [-0.1, -0.05) is 6.07 Å². The van der Waals surface area contributed by atoms with Crippen LogP contribution in [-0.4, -0.2) is 102 Å². The summed E-state index contributed by atoms with van der Waals surface area (Å²) in [6.07, 6.45) is 7.61. The number of fused-ring (bicyclic) bond motifs is 2. The van der Waals surface area contributed by atoms with E-state index in [2.05, 4.69) is 35.2 Å². The molecule has 0 N–H and O–H groups in total. The minimum absolute atomic E-state index is 0.0445. The van der Waals surface area contributed by atoms with Crippen molar-refractivity contribution in [3.63, 3.8) is 0 Å². The second-order valence-corrected chi connectivity index (χ2v) is 14.0. The molecule has 3 aromatic carbocycles. The molecule has 1 fully saturated rings. The van der Waals surface area contributed by atoms with E-state index in [0.29, 0.717) is 42.6 Å². The van der Waals surface area contributed by atoms with E-state index >= 15 is 0 Å². The number of esters is 2. The van der Waals surface area contributed by atoms with Crippen LogP contribution in [0.2, 0.25) is 0 Å². The molecular formula is C42H53N2O10+. The van der Waals surface area contributed by atoms with Crippen LogP contribution < -0.4 is 28.4 Å². The molecule has 3 heterocycles. The lowest BCUT2D eigenvalue weighted by Gasteiger charge is -2.38. The first-order valence-corrected chi connectivity index (χ1v) is 18.8. The number of hydrogen-bond donors (Lipinski definition) is 0. The van der Waals surface area contributed by atoms with Crippen molar-refractivity contribution in [2.45, 2.75) is 51.1 Å². The van der Waals surface area contributed by atoms with Gasteiger partial charge in [-0.15, -0.1) is 0 Å². The predicted molar refractivity (Wildman–Crippen MR) is 201 cm³/mol. The molecule has 1 atom stereocenters. The molecule has 0 radical (unpaired) electrons. The highest BCUT2D eigenvalue weighted by molar-refractivity contribution is 5.91. The fourth-order valence-electron chi connectivity index (χ4n) is 7.96. The number of hydrogen-bond acceptors (Lipinski definition) is 11. The van der Waals surface area contributed by atoms with Crippen molar-refractivity contribution in [1.82, 2.24) is 4.90 Å². The van der Waals surface area contributed by atoms with E-state index in [1.165, 1.54) is 29.5 Å². The number of ether oxygens (including phenoxy) is 8. The first kappa shape index (κ1) is 38.8. The number of carbonyl (C=O) groups excluding carboxylic acids is 2. The summed E-state index contributed by atoms with van der Waals surface area (Å²) < 4.78 is 45.2. The van der Waals surface area contributed by atoms with Gasteiger partial charge in [0.15, 0.2) is 34.5 Å². The number of benzene rings is 3. The maximum absolute atomic E-state index is 12.5. The molecule has 0 saturated carbocycles. The lowest BCUT2D eigenvalue weighted by Crippen LogP contribution is -2.45. The van der Waals surface area contributed by atoms with E-state index in [0.717, 1.165) is 85.7 Å². The van der Waals surface area contributed by atoms with Crippen LogP contribution in [0.15, 0.2) is 60.7 Å². The second kappa shape index (κ2) is 18.4. The Bertz CT molecular complexity index is 1790. The molecule has 12 nitrogen and oxygen atoms in total. The summed E-state index contributed by atoms with van der Waals surface area (Å²) in [6, 6.07) is 16.3. The SMILES string of the molecule is COc1ccc(C[C@@H]2c3cc(OC)c(OC)cc3CCN2CCCOC(=O)/C=C\C(=O)OCCC[N+]2(Cc3ccc4c(c3)OCO4)CCCC2)cc1OC. The minimum atomic E-state index is -0.569. The topological polar surface area (TPSA) is 111 Å². The van der Waals surface area contributed by atoms with E-state index in [9.17, 15) is 9.59 Å². The van der Waals surface area contributed by atoms with Crippen LogP contribution in [0, 0.1) is 0 Å². The van der Waals surface area contributed by atoms with Gasteiger partial charge < -0.3 is 42.4 Å². The van der Waals surface area contributed by atoms with Crippen molar-refractivity contribution in [3.05, 3.63) is 82.9 Å². The second-order valence-electron chi connectivity index (χ2n) is 14.0. The van der Waals surface area contributed by atoms with Gasteiger partial charge in [0.1, 0.15) is 6.54 Å². The molecule has 3 aliphatic rings. The van der Waals surface area contributed by atoms with Gasteiger partial charge in [0, 0.05) is 56.1 Å². The van der Waals surface area contributed by atoms with Crippen LogP contribution >= 0.6 is 0 Å². The van der Waals surface area contributed by atoms with Crippen LogP contribution in [0.1, 0.15) is 54.0 Å². The third-order valence-corrected chi connectivity index (χ3v) is 10.7. The Morgan fingerprint density at radius 2 is 1.41 bits per heavy atom. The zero-order valence-corrected chi connectivity index (χ0v) is 31.9. The lowest BCUT2D eigenvalue weighted by molar-refractivity contribution is -0.929. The summed E-state index contributed by atoms with van der Waals surface area (Å²) in [5.74, 6) is 3.23. The largest absolute Gasteiger partial charge is 0.493 e. The summed E-state index contributed by atoms with van der Waals surface area (Å²) in [4.78, 5) is 27.3. The third kappa shape index (κ3) is 9.58. The molecule has 0 spiro atoms. The third-order valence-electron chi connectivity index (χ3n) is 10.7. The minimum Gasteiger partial charge on any atom is -0.493 e. The number of nitrogens with zero attached hydrogens (tertiary/aromatic N) is 2. The highest BCUT2D eigenvalue weighted by Crippen LogP contribution is 2.40. The molecule has 290 valence electrons. The fraction of sp³-hybridized carbons (Fsp3) is 0.476. The Labute approximate surface area is 318 Å². The zero-order valence-electron chi connectivity index (χ0n) is 31.9. The number of carbonyl (C=O) groups is 2. The zero-order chi connectivity index (χ0) is 37.9. The summed E-state index contributed by atoms with van der Waals surface area (Å²) in [7, 11) is 6.56. The standard InChI is InChI=1S/C42H53N2O10/c1-47-35-11-9-30(24-37(35)48-2)23-34-33-27-39(50-4)38(49-3)26-32(33)15-17-43(34)16-7-21-51-41(45)13-14-42(46)52-22-8-20-44(18-5-6-19-44)28-31-10-12-36-40(25-31)54-29-53-36/h9-14,24-27,34H,5-8,15-23,28-29H2,1-4H3/q+1/b14-13-/t34-/m1/s1. The van der Waals surface area contributed by atoms with Crippen molar-refractivity contribution in [2.75, 3.05) is 81.2 Å². The number of quaternary nitrogens is 1. The molecule has 54 heavy (non-hydrogen) atoms. The van der Waals surface area contributed by atoms with Gasteiger partial charge in [-0.05, 0) is 78.4 Å². The van der Waals surface area contributed by atoms with Crippen molar-refractivity contribution in [1.29, 1.82) is 0 Å². The van der Waals surface area contributed by atoms with Crippen LogP contribution in [0.25, 0.3) is 0 Å². The molecule has 0 aliphatic carbocycles. The molecule has 3 aliphatic heterocycles. The quantitative estimate of drug-likeness (QED) is 0.0680. The van der Waals surface area contributed by atoms with Crippen LogP contribution in [-0.2, 0) is 38.4 Å². The van der Waals surface area contributed by atoms with Crippen LogP contribution in [0.3, 0.4) is 0 Å². The van der Waals surface area contributed by atoms with E-state index < -0.39 is 11.9 Å². The van der Waals surface area contributed by atoms with E-state index in [4.69, 9.17) is 37.9 Å². The van der Waals surface area contributed by atoms with Crippen molar-refractivity contribution >= 4 is 11.9 Å². The average Bonchev–Trinajstić information content (AvgIpc) is 3.87. The molecule has 3 aromatic rings. The monoisotopic (exact) mass is 745 g/mol. The Kier molecular flexibility index (Phi) is 13.2. The van der Waals surface area contributed by atoms with Gasteiger partial charge in [-0.2, -0.15) is 0 Å². The van der Waals surface area contributed by atoms with Gasteiger partial charge in [0.05, 0.1) is 61.3 Å². The normalized spacial score (nSPS) is 17.2. The molecule has 12 heteroatoms. The molecule has 0 amide bonds. The van der Waals surface area contributed by atoms with E-state index in [1.54, 1.807) is 28.4 Å². The average molecular weight is 746 g/mol. The molecule has 0 unspecified atom stereocenters. The van der Waals surface area contributed by atoms with Gasteiger partial charge >= 0.3 is 11.9 Å². The predicted octanol–water partition coefficient (Wildman–Crippen LogP) is 5.83. The summed E-state index contributed by atoms with van der Waals surface area (Å²) in [5.41, 5.74) is 4.72. The Morgan fingerprint density at radius 3 is 2.13 bits per heavy atom. The van der Waals surface area contributed by atoms with Crippen molar-refractivity contribution in [2.24, 2.45) is 0 Å². The summed E-state index contributed by atoms with van der Waals surface area (Å²) in [6.45, 7) is 6.34. The van der Waals surface area contributed by atoms with E-state index in [1.807, 2.05) is 18.2 Å². The number of methoxy groups -OCH3 is 4. The van der Waals surface area contributed by atoms with Crippen molar-refractivity contribution < 1.29 is 52.0 Å².